The van der Waals surface area contributed by atoms with Gasteiger partial charge in [0.1, 0.15) is 11.8 Å². The van der Waals surface area contributed by atoms with Gasteiger partial charge in [0.25, 0.3) is 0 Å². The number of nitriles is 1. The molecule has 23 heavy (non-hydrogen) atoms. The van der Waals surface area contributed by atoms with Crippen LogP contribution >= 0.6 is 0 Å². The van der Waals surface area contributed by atoms with Crippen molar-refractivity contribution in [3.05, 3.63) is 28.8 Å². The summed E-state index contributed by atoms with van der Waals surface area (Å²) in [5.74, 6) is -2.23. The van der Waals surface area contributed by atoms with Crippen molar-refractivity contribution < 1.29 is 40.6 Å². The molecule has 0 fully saturated rings. The number of esters is 1. The number of carbonyl (C=O) groups is 1. The van der Waals surface area contributed by atoms with Gasteiger partial charge in [-0.05, 0) is 24.6 Å². The van der Waals surface area contributed by atoms with E-state index >= 15 is 0 Å². The van der Waals surface area contributed by atoms with E-state index in [1.54, 1.807) is 0 Å². The van der Waals surface area contributed by atoms with Gasteiger partial charge < -0.3 is 9.47 Å². The molecule has 4 nitrogen and oxygen atoms in total. The third-order valence-corrected chi connectivity index (χ3v) is 2.54. The maximum atomic E-state index is 12.9. The Morgan fingerprint density at radius 3 is 2.26 bits per heavy atom. The Balaban J connectivity index is 3.47. The van der Waals surface area contributed by atoms with Crippen LogP contribution in [0.3, 0.4) is 0 Å². The van der Waals surface area contributed by atoms with Crippen molar-refractivity contribution in [2.45, 2.75) is 25.9 Å². The Bertz CT molecular complexity index is 630. The lowest BCUT2D eigenvalue weighted by molar-refractivity contribution is -0.274. The van der Waals surface area contributed by atoms with Gasteiger partial charge in [0.05, 0.1) is 24.2 Å². The zero-order valence-corrected chi connectivity index (χ0v) is 11.5. The van der Waals surface area contributed by atoms with Gasteiger partial charge in [0.2, 0.25) is 0 Å². The summed E-state index contributed by atoms with van der Waals surface area (Å²) in [5.41, 5.74) is -3.36. The lowest BCUT2D eigenvalue weighted by atomic mass is 9.97. The standard InChI is InChI=1S/C13H9F6NO3/c1-2-22-11(21)5-7-8(6-20)10(23-13(17,18)19)4-3-9(7)12(14,15)16/h3-4H,2,5H2,1H3. The Kier molecular flexibility index (Phi) is 5.47. The van der Waals surface area contributed by atoms with Crippen LogP contribution in [0.2, 0.25) is 0 Å². The summed E-state index contributed by atoms with van der Waals surface area (Å²) in [7, 11) is 0. The fraction of sp³-hybridized carbons (Fsp3) is 0.385. The predicted octanol–water partition coefficient (Wildman–Crippen LogP) is 3.58. The molecular formula is C13H9F6NO3. The molecule has 0 saturated heterocycles. The van der Waals surface area contributed by atoms with Gasteiger partial charge in [-0.1, -0.05) is 0 Å². The molecule has 0 atom stereocenters. The third kappa shape index (κ3) is 5.05. The van der Waals surface area contributed by atoms with Gasteiger partial charge in [0, 0.05) is 0 Å². The van der Waals surface area contributed by atoms with Gasteiger partial charge in [0.15, 0.2) is 0 Å². The second-order valence-electron chi connectivity index (χ2n) is 4.10. The first-order valence-corrected chi connectivity index (χ1v) is 6.04. The van der Waals surface area contributed by atoms with Crippen LogP contribution in [0.25, 0.3) is 0 Å². The number of nitrogens with zero attached hydrogens (tertiary/aromatic N) is 1. The van der Waals surface area contributed by atoms with Crippen LogP contribution in [0.4, 0.5) is 26.3 Å². The summed E-state index contributed by atoms with van der Waals surface area (Å²) >= 11 is 0. The first-order valence-electron chi connectivity index (χ1n) is 6.04. The summed E-state index contributed by atoms with van der Waals surface area (Å²) in [4.78, 5) is 11.4. The van der Waals surface area contributed by atoms with E-state index in [0.29, 0.717) is 12.1 Å². The average Bonchev–Trinajstić information content (AvgIpc) is 2.35. The molecular weight excluding hydrogens is 332 g/mol. The Hall–Kier alpha value is -2.44. The molecule has 1 aromatic rings. The molecule has 0 aliphatic rings. The minimum absolute atomic E-state index is 0.138. The van der Waals surface area contributed by atoms with E-state index in [1.807, 2.05) is 0 Å². The SMILES string of the molecule is CCOC(=O)Cc1c(C(F)(F)F)ccc(OC(F)(F)F)c1C#N. The summed E-state index contributed by atoms with van der Waals surface area (Å²) in [6.07, 6.45) is -11.2. The molecule has 0 radical (unpaired) electrons. The molecule has 10 heteroatoms. The van der Waals surface area contributed by atoms with Crippen LogP contribution in [0.15, 0.2) is 12.1 Å². The van der Waals surface area contributed by atoms with Crippen molar-refractivity contribution in [3.63, 3.8) is 0 Å². The van der Waals surface area contributed by atoms with Crippen molar-refractivity contribution in [1.82, 2.24) is 0 Å². The molecule has 0 aliphatic heterocycles. The van der Waals surface area contributed by atoms with E-state index < -0.39 is 47.4 Å². The highest BCUT2D eigenvalue weighted by Gasteiger charge is 2.38. The van der Waals surface area contributed by atoms with Crippen LogP contribution in [-0.4, -0.2) is 18.9 Å². The average molecular weight is 341 g/mol. The number of carbonyl (C=O) groups excluding carboxylic acids is 1. The number of ether oxygens (including phenoxy) is 2. The molecule has 0 saturated carbocycles. The first-order chi connectivity index (χ1) is 10.5. The van der Waals surface area contributed by atoms with Gasteiger partial charge >= 0.3 is 18.5 Å². The maximum Gasteiger partial charge on any atom is 0.573 e. The van der Waals surface area contributed by atoms with Crippen molar-refractivity contribution in [2.75, 3.05) is 6.61 Å². The fourth-order valence-electron chi connectivity index (χ4n) is 1.76. The lowest BCUT2D eigenvalue weighted by Crippen LogP contribution is -2.20. The zero-order valence-electron chi connectivity index (χ0n) is 11.5. The van der Waals surface area contributed by atoms with Crippen LogP contribution in [0, 0.1) is 11.3 Å². The highest BCUT2D eigenvalue weighted by molar-refractivity contribution is 5.75. The molecule has 0 unspecified atom stereocenters. The summed E-state index contributed by atoms with van der Waals surface area (Å²) in [5, 5.41) is 8.91. The minimum atomic E-state index is -5.20. The number of rotatable bonds is 4. The topological polar surface area (TPSA) is 59.3 Å². The van der Waals surface area contributed by atoms with E-state index in [2.05, 4.69) is 9.47 Å². The molecule has 0 amide bonds. The molecule has 0 spiro atoms. The summed E-state index contributed by atoms with van der Waals surface area (Å²) in [6, 6.07) is 1.91. The van der Waals surface area contributed by atoms with Gasteiger partial charge in [-0.2, -0.15) is 18.4 Å². The highest BCUT2D eigenvalue weighted by Crippen LogP contribution is 2.38. The molecule has 1 rings (SSSR count). The van der Waals surface area contributed by atoms with Crippen molar-refractivity contribution in [2.24, 2.45) is 0 Å². The second-order valence-corrected chi connectivity index (χ2v) is 4.10. The minimum Gasteiger partial charge on any atom is -0.466 e. The predicted molar refractivity (Wildman–Crippen MR) is 63.2 cm³/mol. The smallest absolute Gasteiger partial charge is 0.466 e. The van der Waals surface area contributed by atoms with E-state index in [4.69, 9.17) is 5.26 Å². The largest absolute Gasteiger partial charge is 0.573 e. The summed E-state index contributed by atoms with van der Waals surface area (Å²) in [6.45, 7) is 1.26. The lowest BCUT2D eigenvalue weighted by Gasteiger charge is -2.17. The van der Waals surface area contributed by atoms with Crippen molar-refractivity contribution >= 4 is 5.97 Å². The molecule has 0 N–H and O–H groups in total. The van der Waals surface area contributed by atoms with Gasteiger partial charge in [-0.3, -0.25) is 4.79 Å². The number of halogens is 6. The number of benzene rings is 1. The zero-order chi connectivity index (χ0) is 17.8. The Morgan fingerprint density at radius 2 is 1.83 bits per heavy atom. The van der Waals surface area contributed by atoms with E-state index in [9.17, 15) is 31.1 Å². The number of hydrogen-bond donors (Lipinski definition) is 0. The highest BCUT2D eigenvalue weighted by atomic mass is 19.4. The maximum absolute atomic E-state index is 12.9. The monoisotopic (exact) mass is 341 g/mol. The van der Waals surface area contributed by atoms with Crippen LogP contribution < -0.4 is 4.74 Å². The second kappa shape index (κ2) is 6.76. The molecule has 126 valence electrons. The fourth-order valence-corrected chi connectivity index (χ4v) is 1.76. The van der Waals surface area contributed by atoms with Gasteiger partial charge in [-0.15, -0.1) is 13.2 Å². The normalized spacial score (nSPS) is 11.7. The third-order valence-electron chi connectivity index (χ3n) is 2.54. The van der Waals surface area contributed by atoms with Crippen LogP contribution in [0.5, 0.6) is 5.75 Å². The van der Waals surface area contributed by atoms with E-state index in [-0.39, 0.29) is 6.61 Å². The number of hydrogen-bond acceptors (Lipinski definition) is 4. The van der Waals surface area contributed by atoms with Crippen molar-refractivity contribution in [1.29, 1.82) is 5.26 Å². The molecule has 0 aliphatic carbocycles. The van der Waals surface area contributed by atoms with E-state index in [0.717, 1.165) is 0 Å². The molecule has 0 aromatic heterocycles. The first kappa shape index (κ1) is 18.6. The van der Waals surface area contributed by atoms with Crippen LogP contribution in [0.1, 0.15) is 23.6 Å². The Morgan fingerprint density at radius 1 is 1.22 bits per heavy atom. The quantitative estimate of drug-likeness (QED) is 0.620. The summed E-state index contributed by atoms with van der Waals surface area (Å²) < 4.78 is 83.6. The van der Waals surface area contributed by atoms with Gasteiger partial charge in [-0.25, -0.2) is 0 Å². The molecule has 1 aromatic carbocycles. The van der Waals surface area contributed by atoms with Crippen LogP contribution in [-0.2, 0) is 22.1 Å². The van der Waals surface area contributed by atoms with E-state index in [1.165, 1.54) is 13.0 Å². The molecule has 0 heterocycles. The number of alkyl halides is 6. The van der Waals surface area contributed by atoms with Crippen molar-refractivity contribution in [3.8, 4) is 11.8 Å². The molecule has 0 bridgehead atoms. The Labute approximate surface area is 126 Å².